The van der Waals surface area contributed by atoms with Crippen LogP contribution in [0.5, 0.6) is 5.75 Å². The van der Waals surface area contributed by atoms with E-state index in [1.54, 1.807) is 0 Å². The van der Waals surface area contributed by atoms with E-state index in [-0.39, 0.29) is 16.9 Å². The van der Waals surface area contributed by atoms with E-state index in [1.165, 1.54) is 6.07 Å². The Morgan fingerprint density at radius 1 is 1.33 bits per heavy atom. The van der Waals surface area contributed by atoms with Gasteiger partial charge in [-0.05, 0) is 25.1 Å². The van der Waals surface area contributed by atoms with Gasteiger partial charge in [0.1, 0.15) is 11.8 Å². The quantitative estimate of drug-likeness (QED) is 0.646. The van der Waals surface area contributed by atoms with Crippen LogP contribution in [0.3, 0.4) is 0 Å². The minimum absolute atomic E-state index is 0.0113. The first kappa shape index (κ1) is 22.9. The van der Waals surface area contributed by atoms with Gasteiger partial charge in [0.15, 0.2) is 17.2 Å². The molecule has 1 aromatic carbocycles. The van der Waals surface area contributed by atoms with Gasteiger partial charge in [0.05, 0.1) is 8.48 Å². The van der Waals surface area contributed by atoms with E-state index in [4.69, 9.17) is 16.6 Å². The summed E-state index contributed by atoms with van der Waals surface area (Å²) >= 11 is 0. The van der Waals surface area contributed by atoms with Crippen LogP contribution in [0.4, 0.5) is 27.6 Å². The molecule has 12 heteroatoms. The first-order chi connectivity index (χ1) is 15.7. The van der Waals surface area contributed by atoms with Gasteiger partial charge in [0.25, 0.3) is 11.8 Å². The Kier molecular flexibility index (Phi) is 5.95. The summed E-state index contributed by atoms with van der Waals surface area (Å²) in [7, 11) is 0.978. The average molecular weight is 474 g/mol. The van der Waals surface area contributed by atoms with E-state index in [0.717, 1.165) is 39.3 Å². The van der Waals surface area contributed by atoms with Crippen LogP contribution < -0.4 is 15.8 Å². The number of hydrogen-bond donors (Lipinski definition) is 2. The molecule has 2 amide bonds. The second-order valence-electron chi connectivity index (χ2n) is 7.65. The van der Waals surface area contributed by atoms with Crippen LogP contribution in [-0.4, -0.2) is 41.8 Å². The Labute approximate surface area is 186 Å². The average Bonchev–Trinajstić information content (AvgIpc) is 3.04. The number of pyridine rings is 1. The van der Waals surface area contributed by atoms with Crippen LogP contribution in [-0.2, 0) is 9.53 Å². The lowest BCUT2D eigenvalue weighted by Gasteiger charge is -2.32. The Bertz CT molecular complexity index is 1150. The molecule has 3 rings (SSSR count). The fourth-order valence-corrected chi connectivity index (χ4v) is 3.83. The minimum atomic E-state index is -4.94. The zero-order valence-corrected chi connectivity index (χ0v) is 17.6. The maximum atomic E-state index is 14.5. The molecule has 0 radical (unpaired) electrons. The van der Waals surface area contributed by atoms with Crippen LogP contribution in [0.1, 0.15) is 37.2 Å². The SMILES string of the molecule is [2H]c1cc(C2C(C(=O)Nc3ccnc(C(N)=O)c3)OC(C)(C(F)(F)F)C2C)c(OC)c(F)c1F. The number of amides is 2. The number of carbonyl (C=O) groups is 2. The maximum absolute atomic E-state index is 14.5. The number of halogens is 5. The summed E-state index contributed by atoms with van der Waals surface area (Å²) in [5.41, 5.74) is 1.74. The van der Waals surface area contributed by atoms with E-state index in [2.05, 4.69) is 10.3 Å². The Balaban J connectivity index is 2.12. The van der Waals surface area contributed by atoms with Crippen molar-refractivity contribution < 1.29 is 42.4 Å². The van der Waals surface area contributed by atoms with Gasteiger partial charge in [-0.15, -0.1) is 0 Å². The van der Waals surface area contributed by atoms with Crippen LogP contribution in [0.25, 0.3) is 0 Å². The van der Waals surface area contributed by atoms with Crippen molar-refractivity contribution in [3.8, 4) is 5.75 Å². The predicted octanol–water partition coefficient (Wildman–Crippen LogP) is 3.55. The second-order valence-corrected chi connectivity index (χ2v) is 7.65. The topological polar surface area (TPSA) is 104 Å². The third kappa shape index (κ3) is 4.22. The Morgan fingerprint density at radius 3 is 2.58 bits per heavy atom. The highest BCUT2D eigenvalue weighted by Crippen LogP contribution is 2.55. The fraction of sp³-hybridized carbons (Fsp3) is 0.381. The molecule has 0 spiro atoms. The highest BCUT2D eigenvalue weighted by molar-refractivity contribution is 5.97. The molecular weight excluding hydrogens is 453 g/mol. The smallest absolute Gasteiger partial charge is 0.417 e. The number of alkyl halides is 3. The fourth-order valence-electron chi connectivity index (χ4n) is 3.83. The molecule has 1 aromatic heterocycles. The number of nitrogens with one attached hydrogen (secondary N) is 1. The summed E-state index contributed by atoms with van der Waals surface area (Å²) in [4.78, 5) is 28.1. The Hall–Kier alpha value is -3.28. The number of methoxy groups -OCH3 is 1. The molecule has 4 unspecified atom stereocenters. The normalized spacial score (nSPS) is 25.5. The van der Waals surface area contributed by atoms with Crippen LogP contribution in [0, 0.1) is 17.6 Å². The number of hydrogen-bond acceptors (Lipinski definition) is 5. The van der Waals surface area contributed by atoms with Gasteiger partial charge < -0.3 is 20.5 Å². The highest BCUT2D eigenvalue weighted by atomic mass is 19.4. The minimum Gasteiger partial charge on any atom is -0.493 e. The molecule has 2 aromatic rings. The summed E-state index contributed by atoms with van der Waals surface area (Å²) in [5.74, 6) is -8.81. The number of primary amides is 1. The van der Waals surface area contributed by atoms with E-state index >= 15 is 0 Å². The van der Waals surface area contributed by atoms with Crippen molar-refractivity contribution in [2.75, 3.05) is 12.4 Å². The predicted molar refractivity (Wildman–Crippen MR) is 106 cm³/mol. The number of rotatable bonds is 5. The third-order valence-electron chi connectivity index (χ3n) is 5.78. The number of ether oxygens (including phenoxy) is 2. The Morgan fingerprint density at radius 2 is 2.00 bits per heavy atom. The van der Waals surface area contributed by atoms with E-state index < -0.39 is 65.0 Å². The second kappa shape index (κ2) is 8.58. The molecule has 1 fully saturated rings. The molecule has 4 atom stereocenters. The third-order valence-corrected chi connectivity index (χ3v) is 5.78. The van der Waals surface area contributed by atoms with Crippen molar-refractivity contribution in [1.82, 2.24) is 4.98 Å². The summed E-state index contributed by atoms with van der Waals surface area (Å²) in [6.45, 7) is 1.89. The molecular formula is C21H20F5N3O4. The van der Waals surface area contributed by atoms with Crippen LogP contribution in [0.2, 0.25) is 0 Å². The first-order valence-electron chi connectivity index (χ1n) is 10.1. The lowest BCUT2D eigenvalue weighted by molar-refractivity contribution is -0.272. The monoisotopic (exact) mass is 474 g/mol. The highest BCUT2D eigenvalue weighted by Gasteiger charge is 2.65. The number of carbonyl (C=O) groups excluding carboxylic acids is 2. The number of nitrogens with two attached hydrogens (primary N) is 1. The summed E-state index contributed by atoms with van der Waals surface area (Å²) < 4.78 is 88.2. The van der Waals surface area contributed by atoms with Gasteiger partial charge in [-0.1, -0.05) is 13.0 Å². The molecule has 178 valence electrons. The van der Waals surface area contributed by atoms with Crippen molar-refractivity contribution in [3.63, 3.8) is 0 Å². The molecule has 0 aliphatic carbocycles. The van der Waals surface area contributed by atoms with Crippen molar-refractivity contribution in [2.24, 2.45) is 11.7 Å². The zero-order valence-electron chi connectivity index (χ0n) is 18.6. The van der Waals surface area contributed by atoms with Crippen molar-refractivity contribution >= 4 is 17.5 Å². The van der Waals surface area contributed by atoms with E-state index in [9.17, 15) is 31.5 Å². The summed E-state index contributed by atoms with van der Waals surface area (Å²) in [6, 6.07) is 2.25. The molecule has 3 N–H and O–H groups in total. The zero-order chi connectivity index (χ0) is 25.6. The number of benzene rings is 1. The van der Waals surface area contributed by atoms with Crippen LogP contribution >= 0.6 is 0 Å². The molecule has 0 bridgehead atoms. The van der Waals surface area contributed by atoms with E-state index in [0.29, 0.717) is 0 Å². The van der Waals surface area contributed by atoms with Crippen molar-refractivity contribution in [2.45, 2.75) is 37.6 Å². The molecule has 0 saturated carbocycles. The summed E-state index contributed by atoms with van der Waals surface area (Å²) in [6.07, 6.45) is -5.65. The van der Waals surface area contributed by atoms with Crippen molar-refractivity contribution in [1.29, 1.82) is 0 Å². The molecule has 7 nitrogen and oxygen atoms in total. The van der Waals surface area contributed by atoms with E-state index in [1.807, 2.05) is 0 Å². The number of anilines is 1. The van der Waals surface area contributed by atoms with Gasteiger partial charge >= 0.3 is 6.18 Å². The molecule has 1 aliphatic rings. The van der Waals surface area contributed by atoms with Gasteiger partial charge in [-0.3, -0.25) is 14.6 Å². The van der Waals surface area contributed by atoms with Gasteiger partial charge in [-0.25, -0.2) is 4.39 Å². The maximum Gasteiger partial charge on any atom is 0.417 e. The largest absolute Gasteiger partial charge is 0.493 e. The van der Waals surface area contributed by atoms with Crippen molar-refractivity contribution in [3.05, 3.63) is 53.3 Å². The molecule has 1 aliphatic heterocycles. The first-order valence-corrected chi connectivity index (χ1v) is 9.56. The van der Waals surface area contributed by atoms with Gasteiger partial charge in [0.2, 0.25) is 5.82 Å². The number of nitrogens with zero attached hydrogens (tertiary/aromatic N) is 1. The lowest BCUT2D eigenvalue weighted by Crippen LogP contribution is -2.47. The van der Waals surface area contributed by atoms with Gasteiger partial charge in [-0.2, -0.15) is 17.6 Å². The molecule has 2 heterocycles. The van der Waals surface area contributed by atoms with Crippen LogP contribution in [0.15, 0.2) is 30.4 Å². The van der Waals surface area contributed by atoms with Gasteiger partial charge in [0, 0.05) is 29.3 Å². The molecule has 33 heavy (non-hydrogen) atoms. The standard InChI is InChI=1S/C21H20F5N3O4/c1-9-14(11-4-5-12(22)15(23)16(11)32-3)17(33-20(9,2)21(24,25)26)19(31)29-10-6-7-28-13(8-10)18(27)30/h4-9,14,17H,1-3H3,(H2,27,30)(H,28,29,31)/i5D. The molecule has 1 saturated heterocycles. The number of aromatic nitrogens is 1. The summed E-state index contributed by atoms with van der Waals surface area (Å²) in [5, 5.41) is 2.33. The lowest BCUT2D eigenvalue weighted by atomic mass is 9.77.